The van der Waals surface area contributed by atoms with E-state index < -0.39 is 0 Å². The van der Waals surface area contributed by atoms with Crippen LogP contribution in [0.4, 0.5) is 0 Å². The maximum Gasteiger partial charge on any atom is 0.220 e. The molecule has 1 aromatic heterocycles. The Kier molecular flexibility index (Phi) is 2.96. The van der Waals surface area contributed by atoms with Gasteiger partial charge in [0.25, 0.3) is 0 Å². The van der Waals surface area contributed by atoms with Crippen LogP contribution in [-0.4, -0.2) is 13.2 Å². The molecule has 0 atom stereocenters. The summed E-state index contributed by atoms with van der Waals surface area (Å²) >= 11 is 0. The van der Waals surface area contributed by atoms with Crippen molar-refractivity contribution in [2.75, 3.05) is 13.2 Å². The van der Waals surface area contributed by atoms with Crippen molar-refractivity contribution in [1.82, 2.24) is 0 Å². The zero-order chi connectivity index (χ0) is 14.1. The SMILES string of the molecule is c1ccc(C[n+]2ccc3c4c(cccc42)OCCO3)cc1. The average Bonchev–Trinajstić information content (AvgIpc) is 2.75. The summed E-state index contributed by atoms with van der Waals surface area (Å²) in [6.45, 7) is 2.01. The van der Waals surface area contributed by atoms with Gasteiger partial charge in [-0.2, -0.15) is 4.57 Å². The van der Waals surface area contributed by atoms with Crippen molar-refractivity contribution in [1.29, 1.82) is 0 Å². The number of benzene rings is 2. The molecule has 1 aliphatic rings. The monoisotopic (exact) mass is 278 g/mol. The van der Waals surface area contributed by atoms with E-state index in [4.69, 9.17) is 9.47 Å². The summed E-state index contributed by atoms with van der Waals surface area (Å²) in [7, 11) is 0. The van der Waals surface area contributed by atoms with Crippen LogP contribution in [0.2, 0.25) is 0 Å². The lowest BCUT2D eigenvalue weighted by Crippen LogP contribution is -2.34. The average molecular weight is 278 g/mol. The van der Waals surface area contributed by atoms with Crippen molar-refractivity contribution in [3.8, 4) is 11.5 Å². The van der Waals surface area contributed by atoms with Gasteiger partial charge in [0.15, 0.2) is 12.7 Å². The third-order valence-corrected chi connectivity index (χ3v) is 3.76. The van der Waals surface area contributed by atoms with Gasteiger partial charge in [0.1, 0.15) is 30.1 Å². The normalized spacial score (nSPS) is 13.3. The van der Waals surface area contributed by atoms with Crippen LogP contribution < -0.4 is 14.0 Å². The highest BCUT2D eigenvalue weighted by Gasteiger charge is 2.20. The van der Waals surface area contributed by atoms with Crippen molar-refractivity contribution < 1.29 is 14.0 Å². The third kappa shape index (κ3) is 2.21. The molecule has 0 saturated heterocycles. The summed E-state index contributed by atoms with van der Waals surface area (Å²) in [5.74, 6) is 1.81. The molecule has 0 spiro atoms. The zero-order valence-corrected chi connectivity index (χ0v) is 11.7. The third-order valence-electron chi connectivity index (χ3n) is 3.76. The smallest absolute Gasteiger partial charge is 0.220 e. The summed E-state index contributed by atoms with van der Waals surface area (Å²) in [4.78, 5) is 0. The van der Waals surface area contributed by atoms with E-state index in [1.165, 1.54) is 5.56 Å². The maximum atomic E-state index is 5.79. The van der Waals surface area contributed by atoms with Crippen LogP contribution in [0.1, 0.15) is 5.56 Å². The minimum atomic E-state index is 0.590. The van der Waals surface area contributed by atoms with E-state index >= 15 is 0 Å². The molecule has 21 heavy (non-hydrogen) atoms. The van der Waals surface area contributed by atoms with E-state index in [-0.39, 0.29) is 0 Å². The minimum absolute atomic E-state index is 0.590. The molecule has 3 heteroatoms. The molecular formula is C18H16NO2+. The van der Waals surface area contributed by atoms with Crippen molar-refractivity contribution in [3.05, 3.63) is 66.4 Å². The molecule has 2 aromatic carbocycles. The Hall–Kier alpha value is -2.55. The number of ether oxygens (including phenoxy) is 2. The van der Waals surface area contributed by atoms with Crippen LogP contribution in [0.3, 0.4) is 0 Å². The Morgan fingerprint density at radius 2 is 1.57 bits per heavy atom. The van der Waals surface area contributed by atoms with Crippen molar-refractivity contribution >= 4 is 10.9 Å². The number of hydrogen-bond acceptors (Lipinski definition) is 2. The molecule has 1 aliphatic heterocycles. The fourth-order valence-electron chi connectivity index (χ4n) is 2.79. The molecule has 2 heterocycles. The van der Waals surface area contributed by atoms with Crippen molar-refractivity contribution in [2.45, 2.75) is 6.54 Å². The van der Waals surface area contributed by atoms with Gasteiger partial charge in [-0.3, -0.25) is 0 Å². The highest BCUT2D eigenvalue weighted by atomic mass is 16.5. The lowest BCUT2D eigenvalue weighted by molar-refractivity contribution is -0.662. The molecule has 0 amide bonds. The molecule has 4 rings (SSSR count). The molecule has 0 bridgehead atoms. The number of aromatic nitrogens is 1. The van der Waals surface area contributed by atoms with Crippen LogP contribution >= 0.6 is 0 Å². The Labute approximate surface area is 123 Å². The second-order valence-corrected chi connectivity index (χ2v) is 5.14. The van der Waals surface area contributed by atoms with E-state index in [1.807, 2.05) is 24.3 Å². The van der Waals surface area contributed by atoms with Gasteiger partial charge in [-0.1, -0.05) is 36.4 Å². The molecule has 0 saturated carbocycles. The number of nitrogens with zero attached hydrogens (tertiary/aromatic N) is 1. The summed E-state index contributed by atoms with van der Waals surface area (Å²) in [6.07, 6.45) is 2.08. The molecule has 0 aliphatic carbocycles. The summed E-state index contributed by atoms with van der Waals surface area (Å²) < 4.78 is 13.8. The van der Waals surface area contributed by atoms with Gasteiger partial charge in [0.05, 0.1) is 0 Å². The summed E-state index contributed by atoms with van der Waals surface area (Å²) in [5.41, 5.74) is 2.41. The van der Waals surface area contributed by atoms with E-state index in [9.17, 15) is 0 Å². The van der Waals surface area contributed by atoms with Gasteiger partial charge < -0.3 is 9.47 Å². The predicted octanol–water partition coefficient (Wildman–Crippen LogP) is 2.95. The maximum absolute atomic E-state index is 5.79. The fraction of sp³-hybridized carbons (Fsp3) is 0.167. The Morgan fingerprint density at radius 1 is 0.810 bits per heavy atom. The van der Waals surface area contributed by atoms with Crippen molar-refractivity contribution in [2.24, 2.45) is 0 Å². The fourth-order valence-corrected chi connectivity index (χ4v) is 2.79. The molecule has 3 aromatic rings. The van der Waals surface area contributed by atoms with Crippen LogP contribution in [0.5, 0.6) is 11.5 Å². The van der Waals surface area contributed by atoms with E-state index in [1.54, 1.807) is 0 Å². The highest BCUT2D eigenvalue weighted by molar-refractivity contribution is 5.89. The standard InChI is InChI=1S/C18H16NO2/c1-2-5-14(6-3-1)13-19-10-9-17-18-15(19)7-4-8-16(18)20-11-12-21-17/h1-10H,11-13H2/q+1. The van der Waals surface area contributed by atoms with Crippen LogP contribution in [-0.2, 0) is 6.54 Å². The second-order valence-electron chi connectivity index (χ2n) is 5.14. The van der Waals surface area contributed by atoms with Gasteiger partial charge in [-0.05, 0) is 6.07 Å². The number of hydrogen-bond donors (Lipinski definition) is 0. The summed E-state index contributed by atoms with van der Waals surface area (Å²) in [5, 5.41) is 1.06. The zero-order valence-electron chi connectivity index (χ0n) is 11.7. The molecule has 3 nitrogen and oxygen atoms in total. The first-order valence-electron chi connectivity index (χ1n) is 7.16. The second kappa shape index (κ2) is 5.09. The molecule has 0 radical (unpaired) electrons. The number of pyridine rings is 1. The molecule has 104 valence electrons. The molecular weight excluding hydrogens is 262 g/mol. The van der Waals surface area contributed by atoms with Crippen LogP contribution in [0, 0.1) is 0 Å². The molecule has 0 N–H and O–H groups in total. The van der Waals surface area contributed by atoms with Gasteiger partial charge >= 0.3 is 0 Å². The Balaban J connectivity index is 1.88. The van der Waals surface area contributed by atoms with Gasteiger partial charge in [-0.25, -0.2) is 0 Å². The Morgan fingerprint density at radius 3 is 2.38 bits per heavy atom. The van der Waals surface area contributed by atoms with Crippen LogP contribution in [0.25, 0.3) is 10.9 Å². The lowest BCUT2D eigenvalue weighted by atomic mass is 10.1. The minimum Gasteiger partial charge on any atom is -0.489 e. The lowest BCUT2D eigenvalue weighted by Gasteiger charge is -2.07. The van der Waals surface area contributed by atoms with E-state index in [0.29, 0.717) is 13.2 Å². The molecule has 0 fully saturated rings. The predicted molar refractivity (Wildman–Crippen MR) is 80.7 cm³/mol. The first kappa shape index (κ1) is 12.2. The largest absolute Gasteiger partial charge is 0.489 e. The first-order valence-corrected chi connectivity index (χ1v) is 7.16. The Bertz CT molecular complexity index is 772. The van der Waals surface area contributed by atoms with Crippen LogP contribution in [0.15, 0.2) is 60.8 Å². The quantitative estimate of drug-likeness (QED) is 0.672. The van der Waals surface area contributed by atoms with E-state index in [0.717, 1.165) is 28.9 Å². The first-order chi connectivity index (χ1) is 10.4. The topological polar surface area (TPSA) is 22.3 Å². The van der Waals surface area contributed by atoms with Gasteiger partial charge in [0.2, 0.25) is 5.52 Å². The van der Waals surface area contributed by atoms with Gasteiger partial charge in [-0.15, -0.1) is 0 Å². The van der Waals surface area contributed by atoms with E-state index in [2.05, 4.69) is 41.1 Å². The highest BCUT2D eigenvalue weighted by Crippen LogP contribution is 2.33. The summed E-state index contributed by atoms with van der Waals surface area (Å²) in [6, 6.07) is 18.6. The van der Waals surface area contributed by atoms with Crippen molar-refractivity contribution in [3.63, 3.8) is 0 Å². The van der Waals surface area contributed by atoms with Gasteiger partial charge in [0, 0.05) is 17.7 Å². The molecule has 0 unspecified atom stereocenters. The number of rotatable bonds is 2.